The first-order chi connectivity index (χ1) is 10.6. The average Bonchev–Trinajstić information content (AvgIpc) is 2.46. The van der Waals surface area contributed by atoms with Gasteiger partial charge in [-0.2, -0.15) is 0 Å². The van der Waals surface area contributed by atoms with Crippen molar-refractivity contribution in [2.45, 2.75) is 58.4 Å². The van der Waals surface area contributed by atoms with Gasteiger partial charge in [-0.15, -0.1) is 0 Å². The SMILES string of the molecule is CCOc1ccc(NC(=O)C2CCCCCCC2N)c(C)c1. The molecule has 0 spiro atoms. The van der Waals surface area contributed by atoms with Gasteiger partial charge in [0.2, 0.25) is 5.91 Å². The van der Waals surface area contributed by atoms with Crippen molar-refractivity contribution >= 4 is 11.6 Å². The minimum absolute atomic E-state index is 0.0247. The van der Waals surface area contributed by atoms with Gasteiger partial charge in [0, 0.05) is 11.7 Å². The molecule has 0 heterocycles. The van der Waals surface area contributed by atoms with E-state index in [2.05, 4.69) is 5.32 Å². The van der Waals surface area contributed by atoms with Gasteiger partial charge >= 0.3 is 0 Å². The lowest BCUT2D eigenvalue weighted by Crippen LogP contribution is -2.39. The van der Waals surface area contributed by atoms with Gasteiger partial charge in [0.1, 0.15) is 5.75 Å². The van der Waals surface area contributed by atoms with E-state index in [1.165, 1.54) is 12.8 Å². The molecule has 0 aliphatic heterocycles. The fourth-order valence-electron chi connectivity index (χ4n) is 3.10. The van der Waals surface area contributed by atoms with Gasteiger partial charge in [-0.3, -0.25) is 4.79 Å². The molecule has 1 aliphatic carbocycles. The lowest BCUT2D eigenvalue weighted by molar-refractivity contribution is -0.120. The van der Waals surface area contributed by atoms with Gasteiger partial charge < -0.3 is 15.8 Å². The number of nitrogens with two attached hydrogens (primary N) is 1. The van der Waals surface area contributed by atoms with Crippen molar-refractivity contribution in [1.29, 1.82) is 0 Å². The predicted molar refractivity (Wildman–Crippen MR) is 90.1 cm³/mol. The molecule has 4 heteroatoms. The molecule has 4 nitrogen and oxygen atoms in total. The molecule has 2 atom stereocenters. The van der Waals surface area contributed by atoms with E-state index in [1.807, 2.05) is 32.0 Å². The van der Waals surface area contributed by atoms with Crippen LogP contribution in [-0.4, -0.2) is 18.6 Å². The van der Waals surface area contributed by atoms with E-state index < -0.39 is 0 Å². The number of hydrogen-bond acceptors (Lipinski definition) is 3. The van der Waals surface area contributed by atoms with Crippen molar-refractivity contribution in [2.75, 3.05) is 11.9 Å². The summed E-state index contributed by atoms with van der Waals surface area (Å²) in [6.45, 7) is 4.58. The smallest absolute Gasteiger partial charge is 0.229 e. The zero-order chi connectivity index (χ0) is 15.9. The maximum absolute atomic E-state index is 12.6. The highest BCUT2D eigenvalue weighted by Crippen LogP contribution is 2.25. The first kappa shape index (κ1) is 16.8. The van der Waals surface area contributed by atoms with Crippen LogP contribution in [0.3, 0.4) is 0 Å². The number of aryl methyl sites for hydroxylation is 1. The second kappa shape index (κ2) is 8.18. The van der Waals surface area contributed by atoms with Gasteiger partial charge in [0.05, 0.1) is 12.5 Å². The Morgan fingerprint density at radius 2 is 2.00 bits per heavy atom. The van der Waals surface area contributed by atoms with Crippen LogP contribution in [0.15, 0.2) is 18.2 Å². The lowest BCUT2D eigenvalue weighted by Gasteiger charge is -2.25. The van der Waals surface area contributed by atoms with Gasteiger partial charge in [-0.05, 0) is 50.5 Å². The first-order valence-electron chi connectivity index (χ1n) is 8.41. The number of rotatable bonds is 4. The Morgan fingerprint density at radius 1 is 1.27 bits per heavy atom. The summed E-state index contributed by atoms with van der Waals surface area (Å²) in [5.74, 6) is 0.814. The molecule has 2 rings (SSSR count). The van der Waals surface area contributed by atoms with Crippen LogP contribution in [0.25, 0.3) is 0 Å². The normalized spacial score (nSPS) is 22.5. The largest absolute Gasteiger partial charge is 0.494 e. The molecule has 1 saturated carbocycles. The Labute approximate surface area is 133 Å². The maximum atomic E-state index is 12.6. The number of amides is 1. The highest BCUT2D eigenvalue weighted by molar-refractivity contribution is 5.93. The first-order valence-corrected chi connectivity index (χ1v) is 8.41. The van der Waals surface area contributed by atoms with Crippen LogP contribution < -0.4 is 15.8 Å². The minimum atomic E-state index is -0.0775. The van der Waals surface area contributed by atoms with Crippen molar-refractivity contribution in [3.8, 4) is 5.75 Å². The number of anilines is 1. The molecule has 1 fully saturated rings. The van der Waals surface area contributed by atoms with Crippen LogP contribution in [0.5, 0.6) is 5.75 Å². The van der Waals surface area contributed by atoms with Crippen molar-refractivity contribution in [1.82, 2.24) is 0 Å². The van der Waals surface area contributed by atoms with Crippen LogP contribution >= 0.6 is 0 Å². The van der Waals surface area contributed by atoms with Gasteiger partial charge in [-0.1, -0.05) is 25.7 Å². The average molecular weight is 304 g/mol. The highest BCUT2D eigenvalue weighted by Gasteiger charge is 2.26. The number of ether oxygens (including phenoxy) is 1. The van der Waals surface area contributed by atoms with Crippen LogP contribution in [0.2, 0.25) is 0 Å². The summed E-state index contributed by atoms with van der Waals surface area (Å²) in [5.41, 5.74) is 8.09. The predicted octanol–water partition coefficient (Wildman–Crippen LogP) is 3.63. The molecule has 3 N–H and O–H groups in total. The van der Waals surface area contributed by atoms with Crippen LogP contribution in [0, 0.1) is 12.8 Å². The third-order valence-electron chi connectivity index (χ3n) is 4.42. The molecule has 122 valence electrons. The van der Waals surface area contributed by atoms with E-state index >= 15 is 0 Å². The summed E-state index contributed by atoms with van der Waals surface area (Å²) in [7, 11) is 0. The molecule has 0 radical (unpaired) electrons. The molecular formula is C18H28N2O2. The summed E-state index contributed by atoms with van der Waals surface area (Å²) in [4.78, 5) is 12.6. The van der Waals surface area contributed by atoms with Crippen molar-refractivity contribution in [3.63, 3.8) is 0 Å². The third kappa shape index (κ3) is 4.47. The van der Waals surface area contributed by atoms with E-state index in [0.29, 0.717) is 6.61 Å². The Hall–Kier alpha value is -1.55. The highest BCUT2D eigenvalue weighted by atomic mass is 16.5. The topological polar surface area (TPSA) is 64.3 Å². The molecular weight excluding hydrogens is 276 g/mol. The van der Waals surface area contributed by atoms with E-state index in [4.69, 9.17) is 10.5 Å². The molecule has 2 unspecified atom stereocenters. The number of carbonyl (C=O) groups excluding carboxylic acids is 1. The third-order valence-corrected chi connectivity index (χ3v) is 4.42. The fourth-order valence-corrected chi connectivity index (χ4v) is 3.10. The standard InChI is InChI=1S/C18H28N2O2/c1-3-22-14-10-11-17(13(2)12-14)20-18(21)15-8-6-4-5-7-9-16(15)19/h10-12,15-16H,3-9,19H2,1-2H3,(H,20,21). The summed E-state index contributed by atoms with van der Waals surface area (Å²) in [6.07, 6.45) is 6.50. The number of carbonyl (C=O) groups is 1. The molecule has 1 aromatic carbocycles. The van der Waals surface area contributed by atoms with Gasteiger partial charge in [0.15, 0.2) is 0 Å². The zero-order valence-corrected chi connectivity index (χ0v) is 13.7. The molecule has 1 amide bonds. The van der Waals surface area contributed by atoms with Crippen molar-refractivity contribution in [3.05, 3.63) is 23.8 Å². The van der Waals surface area contributed by atoms with Gasteiger partial charge in [-0.25, -0.2) is 0 Å². The Kier molecular flexibility index (Phi) is 6.25. The van der Waals surface area contributed by atoms with Crippen LogP contribution in [0.1, 0.15) is 51.0 Å². The Bertz CT molecular complexity index is 502. The Morgan fingerprint density at radius 3 is 2.68 bits per heavy atom. The number of benzene rings is 1. The fraction of sp³-hybridized carbons (Fsp3) is 0.611. The van der Waals surface area contributed by atoms with E-state index in [0.717, 1.165) is 42.7 Å². The van der Waals surface area contributed by atoms with Crippen molar-refractivity contribution < 1.29 is 9.53 Å². The quantitative estimate of drug-likeness (QED) is 0.892. The summed E-state index contributed by atoms with van der Waals surface area (Å²) in [5, 5.41) is 3.05. The lowest BCUT2D eigenvalue weighted by atomic mass is 9.86. The number of hydrogen-bond donors (Lipinski definition) is 2. The number of nitrogens with one attached hydrogen (secondary N) is 1. The Balaban J connectivity index is 2.03. The summed E-state index contributed by atoms with van der Waals surface area (Å²) >= 11 is 0. The second-order valence-electron chi connectivity index (χ2n) is 6.16. The molecule has 22 heavy (non-hydrogen) atoms. The maximum Gasteiger partial charge on any atom is 0.229 e. The summed E-state index contributed by atoms with van der Waals surface area (Å²) < 4.78 is 5.48. The second-order valence-corrected chi connectivity index (χ2v) is 6.16. The van der Waals surface area contributed by atoms with Gasteiger partial charge in [0.25, 0.3) is 0 Å². The zero-order valence-electron chi connectivity index (χ0n) is 13.7. The molecule has 1 aliphatic rings. The molecule has 0 bridgehead atoms. The minimum Gasteiger partial charge on any atom is -0.494 e. The molecule has 1 aromatic rings. The van der Waals surface area contributed by atoms with E-state index in [-0.39, 0.29) is 17.9 Å². The van der Waals surface area contributed by atoms with Crippen LogP contribution in [0.4, 0.5) is 5.69 Å². The monoisotopic (exact) mass is 304 g/mol. The molecule has 0 saturated heterocycles. The van der Waals surface area contributed by atoms with Crippen molar-refractivity contribution in [2.24, 2.45) is 11.7 Å². The van der Waals surface area contributed by atoms with E-state index in [1.54, 1.807) is 0 Å². The summed E-state index contributed by atoms with van der Waals surface area (Å²) in [6, 6.07) is 5.73. The van der Waals surface area contributed by atoms with Crippen LogP contribution in [-0.2, 0) is 4.79 Å². The van der Waals surface area contributed by atoms with E-state index in [9.17, 15) is 4.79 Å². The molecule has 0 aromatic heterocycles.